The molecule has 3 atom stereocenters. The Bertz CT molecular complexity index is 1250. The maximum absolute atomic E-state index is 15.4. The summed E-state index contributed by atoms with van der Waals surface area (Å²) in [7, 11) is 1.58. The molecule has 3 aromatic rings. The molecule has 0 spiro atoms. The van der Waals surface area contributed by atoms with Crippen LogP contribution < -0.4 is 4.74 Å². The standard InChI is InChI=1S/C29H31FN2O3/c1-20-5-3-6-21(17-20)7-4-15-32-16-13-22(26(19-32)29(33)34)8-10-27(30)24-12-14-31-28-11-9-23(35-2)18-25(24)28/h3,5-6,9,11-12,14,17-18,22,26-27H,8,10,13,15-16,19H2,1-2H3,(H,33,34)/t22-,26+,27?/m1/s1. The van der Waals surface area contributed by atoms with E-state index in [1.807, 2.05) is 43.3 Å². The van der Waals surface area contributed by atoms with Gasteiger partial charge < -0.3 is 9.84 Å². The first-order valence-corrected chi connectivity index (χ1v) is 12.0. The highest BCUT2D eigenvalue weighted by Gasteiger charge is 2.34. The molecule has 1 aliphatic heterocycles. The monoisotopic (exact) mass is 474 g/mol. The number of piperidine rings is 1. The molecule has 5 nitrogen and oxygen atoms in total. The fourth-order valence-electron chi connectivity index (χ4n) is 4.88. The lowest BCUT2D eigenvalue weighted by Gasteiger charge is -2.35. The molecule has 1 saturated heterocycles. The van der Waals surface area contributed by atoms with Crippen molar-refractivity contribution in [3.8, 4) is 17.6 Å². The molecular formula is C29H31FN2O3. The van der Waals surface area contributed by atoms with Crippen molar-refractivity contribution in [1.29, 1.82) is 0 Å². The number of aryl methyl sites for hydroxylation is 1. The SMILES string of the molecule is COc1ccc2nccc(C(F)CC[C@@H]3CCN(CC#Cc4cccc(C)c4)C[C@@H]3C(=O)O)c2c1. The van der Waals surface area contributed by atoms with E-state index in [0.29, 0.717) is 30.8 Å². The molecule has 182 valence electrons. The number of aromatic nitrogens is 1. The number of likely N-dealkylation sites (tertiary alicyclic amines) is 1. The second-order valence-corrected chi connectivity index (χ2v) is 9.23. The lowest BCUT2D eigenvalue weighted by Crippen LogP contribution is -2.44. The second kappa shape index (κ2) is 11.3. The summed E-state index contributed by atoms with van der Waals surface area (Å²) < 4.78 is 20.7. The number of carbonyl (C=O) groups is 1. The highest BCUT2D eigenvalue weighted by molar-refractivity contribution is 5.83. The van der Waals surface area contributed by atoms with Crippen molar-refractivity contribution in [3.05, 3.63) is 71.4 Å². The van der Waals surface area contributed by atoms with Gasteiger partial charge in [0.05, 0.1) is 25.1 Å². The summed E-state index contributed by atoms with van der Waals surface area (Å²) in [6, 6.07) is 15.2. The Labute approximate surface area is 205 Å². The van der Waals surface area contributed by atoms with Gasteiger partial charge in [-0.2, -0.15) is 0 Å². The molecule has 0 aliphatic carbocycles. The summed E-state index contributed by atoms with van der Waals surface area (Å²) in [5, 5.41) is 10.6. The van der Waals surface area contributed by atoms with Crippen LogP contribution >= 0.6 is 0 Å². The Morgan fingerprint density at radius 2 is 2.14 bits per heavy atom. The zero-order chi connectivity index (χ0) is 24.8. The van der Waals surface area contributed by atoms with Gasteiger partial charge in [-0.1, -0.05) is 24.0 Å². The number of hydrogen-bond acceptors (Lipinski definition) is 4. The van der Waals surface area contributed by atoms with E-state index in [0.717, 1.165) is 35.0 Å². The molecule has 1 fully saturated rings. The molecule has 0 saturated carbocycles. The highest BCUT2D eigenvalue weighted by atomic mass is 19.1. The minimum absolute atomic E-state index is 0.0608. The van der Waals surface area contributed by atoms with Crippen LogP contribution in [0.5, 0.6) is 5.75 Å². The largest absolute Gasteiger partial charge is 0.497 e. The fourth-order valence-corrected chi connectivity index (χ4v) is 4.88. The van der Waals surface area contributed by atoms with Gasteiger partial charge in [-0.05, 0) is 86.2 Å². The molecule has 2 heterocycles. The molecule has 35 heavy (non-hydrogen) atoms. The van der Waals surface area contributed by atoms with Gasteiger partial charge in [-0.25, -0.2) is 4.39 Å². The predicted molar refractivity (Wildman–Crippen MR) is 135 cm³/mol. The number of carboxylic acids is 1. The molecule has 0 amide bonds. The van der Waals surface area contributed by atoms with Crippen molar-refractivity contribution in [2.45, 2.75) is 32.4 Å². The average Bonchev–Trinajstić information content (AvgIpc) is 2.87. The zero-order valence-electron chi connectivity index (χ0n) is 20.2. The number of methoxy groups -OCH3 is 1. The van der Waals surface area contributed by atoms with E-state index >= 15 is 4.39 Å². The van der Waals surface area contributed by atoms with E-state index in [1.165, 1.54) is 0 Å². The molecule has 6 heteroatoms. The molecule has 1 aliphatic rings. The van der Waals surface area contributed by atoms with E-state index in [1.54, 1.807) is 25.4 Å². The fraction of sp³-hybridized carbons (Fsp3) is 0.379. The maximum Gasteiger partial charge on any atom is 0.308 e. The van der Waals surface area contributed by atoms with Crippen LogP contribution in [0, 0.1) is 30.6 Å². The Morgan fingerprint density at radius 1 is 1.29 bits per heavy atom. The summed E-state index contributed by atoms with van der Waals surface area (Å²) >= 11 is 0. The molecule has 0 bridgehead atoms. The lowest BCUT2D eigenvalue weighted by atomic mass is 9.81. The van der Waals surface area contributed by atoms with Crippen LogP contribution in [-0.2, 0) is 4.79 Å². The smallest absolute Gasteiger partial charge is 0.308 e. The first-order valence-electron chi connectivity index (χ1n) is 12.0. The molecular weight excluding hydrogens is 443 g/mol. The lowest BCUT2D eigenvalue weighted by molar-refractivity contribution is -0.146. The number of ether oxygens (including phenoxy) is 1. The summed E-state index contributed by atoms with van der Waals surface area (Å²) in [5.74, 6) is 5.60. The quantitative estimate of drug-likeness (QED) is 0.464. The molecule has 0 radical (unpaired) electrons. The number of fused-ring (bicyclic) bond motifs is 1. The third-order valence-corrected chi connectivity index (χ3v) is 6.82. The summed E-state index contributed by atoms with van der Waals surface area (Å²) in [5.41, 5.74) is 3.41. The number of nitrogens with zero attached hydrogens (tertiary/aromatic N) is 2. The minimum Gasteiger partial charge on any atom is -0.497 e. The number of benzene rings is 2. The van der Waals surface area contributed by atoms with Crippen LogP contribution in [0.1, 0.15) is 42.1 Å². The van der Waals surface area contributed by atoms with Crippen molar-refractivity contribution in [1.82, 2.24) is 9.88 Å². The summed E-state index contributed by atoms with van der Waals surface area (Å²) in [4.78, 5) is 18.4. The molecule has 1 aromatic heterocycles. The van der Waals surface area contributed by atoms with E-state index in [9.17, 15) is 9.90 Å². The Kier molecular flexibility index (Phi) is 7.99. The van der Waals surface area contributed by atoms with E-state index < -0.39 is 18.1 Å². The van der Waals surface area contributed by atoms with Crippen LogP contribution in [0.2, 0.25) is 0 Å². The van der Waals surface area contributed by atoms with Gasteiger partial charge in [0.15, 0.2) is 0 Å². The summed E-state index contributed by atoms with van der Waals surface area (Å²) in [6.07, 6.45) is 1.95. The van der Waals surface area contributed by atoms with Gasteiger partial charge in [0, 0.05) is 23.7 Å². The van der Waals surface area contributed by atoms with Crippen molar-refractivity contribution in [2.24, 2.45) is 11.8 Å². The topological polar surface area (TPSA) is 62.7 Å². The first kappa shape index (κ1) is 24.7. The van der Waals surface area contributed by atoms with Crippen LogP contribution in [0.15, 0.2) is 54.7 Å². The zero-order valence-corrected chi connectivity index (χ0v) is 20.2. The highest BCUT2D eigenvalue weighted by Crippen LogP contribution is 2.35. The van der Waals surface area contributed by atoms with Crippen molar-refractivity contribution < 1.29 is 19.0 Å². The number of pyridine rings is 1. The van der Waals surface area contributed by atoms with E-state index in [4.69, 9.17) is 4.74 Å². The molecule has 2 aromatic carbocycles. The van der Waals surface area contributed by atoms with Gasteiger partial charge in [0.2, 0.25) is 0 Å². The van der Waals surface area contributed by atoms with Gasteiger partial charge in [-0.15, -0.1) is 0 Å². The first-order chi connectivity index (χ1) is 16.9. The molecule has 4 rings (SSSR count). The number of halogens is 1. The number of hydrogen-bond donors (Lipinski definition) is 1. The number of aliphatic carboxylic acids is 1. The van der Waals surface area contributed by atoms with Crippen molar-refractivity contribution in [2.75, 3.05) is 26.7 Å². The van der Waals surface area contributed by atoms with E-state index in [2.05, 4.69) is 21.7 Å². The van der Waals surface area contributed by atoms with Gasteiger partial charge >= 0.3 is 5.97 Å². The number of alkyl halides is 1. The minimum atomic E-state index is -1.19. The number of rotatable bonds is 7. The summed E-state index contributed by atoms with van der Waals surface area (Å²) in [6.45, 7) is 3.77. The Morgan fingerprint density at radius 3 is 2.91 bits per heavy atom. The third kappa shape index (κ3) is 6.17. The third-order valence-electron chi connectivity index (χ3n) is 6.82. The van der Waals surface area contributed by atoms with E-state index in [-0.39, 0.29) is 12.3 Å². The van der Waals surface area contributed by atoms with Crippen molar-refractivity contribution in [3.63, 3.8) is 0 Å². The van der Waals surface area contributed by atoms with Crippen molar-refractivity contribution >= 4 is 16.9 Å². The van der Waals surface area contributed by atoms with Gasteiger partial charge in [0.25, 0.3) is 0 Å². The van der Waals surface area contributed by atoms with Crippen LogP contribution in [-0.4, -0.2) is 47.7 Å². The second-order valence-electron chi connectivity index (χ2n) is 9.23. The Balaban J connectivity index is 1.38. The predicted octanol–water partition coefficient (Wildman–Crippen LogP) is 5.42. The normalized spacial score (nSPS) is 19.1. The van der Waals surface area contributed by atoms with Crippen LogP contribution in [0.3, 0.4) is 0 Å². The molecule has 1 N–H and O–H groups in total. The van der Waals surface area contributed by atoms with Gasteiger partial charge in [-0.3, -0.25) is 14.7 Å². The average molecular weight is 475 g/mol. The van der Waals surface area contributed by atoms with Crippen LogP contribution in [0.25, 0.3) is 10.9 Å². The molecule has 1 unspecified atom stereocenters. The maximum atomic E-state index is 15.4. The Hall–Kier alpha value is -3.43. The van der Waals surface area contributed by atoms with Crippen LogP contribution in [0.4, 0.5) is 4.39 Å². The van der Waals surface area contributed by atoms with Gasteiger partial charge in [0.1, 0.15) is 11.9 Å². The number of carboxylic acid groups (broad SMARTS) is 1.